The molecule has 13 heavy (non-hydrogen) atoms. The lowest BCUT2D eigenvalue weighted by atomic mass is 10.3. The first-order valence-electron chi connectivity index (χ1n) is 4.79. The molecule has 76 valence electrons. The lowest BCUT2D eigenvalue weighted by Gasteiger charge is -2.25. The van der Waals surface area contributed by atoms with Gasteiger partial charge in [-0.1, -0.05) is 12.8 Å². The van der Waals surface area contributed by atoms with E-state index in [0.29, 0.717) is 0 Å². The van der Waals surface area contributed by atoms with E-state index in [1.54, 1.807) is 0 Å². The summed E-state index contributed by atoms with van der Waals surface area (Å²) in [6.45, 7) is 10.7. The van der Waals surface area contributed by atoms with Gasteiger partial charge in [0, 0.05) is 6.61 Å². The van der Waals surface area contributed by atoms with Gasteiger partial charge in [-0.2, -0.15) is 0 Å². The lowest BCUT2D eigenvalue weighted by molar-refractivity contribution is 0.154. The third-order valence-electron chi connectivity index (χ3n) is 1.59. The summed E-state index contributed by atoms with van der Waals surface area (Å²) in [6.07, 6.45) is 0.961. The van der Waals surface area contributed by atoms with E-state index in [2.05, 4.69) is 31.9 Å². The van der Waals surface area contributed by atoms with Crippen molar-refractivity contribution >= 4 is 8.56 Å². The molecular weight excluding hydrogens is 180 g/mol. The zero-order valence-corrected chi connectivity index (χ0v) is 10.3. The van der Waals surface area contributed by atoms with Crippen LogP contribution in [0.15, 0.2) is 0 Å². The van der Waals surface area contributed by atoms with Crippen LogP contribution in [0.5, 0.6) is 0 Å². The quantitative estimate of drug-likeness (QED) is 0.501. The van der Waals surface area contributed by atoms with Crippen molar-refractivity contribution in [3.05, 3.63) is 0 Å². The number of hydrogen-bond acceptors (Lipinski definition) is 2. The van der Waals surface area contributed by atoms with Crippen LogP contribution in [-0.2, 0) is 8.85 Å². The van der Waals surface area contributed by atoms with E-state index in [1.165, 1.54) is 0 Å². The van der Waals surface area contributed by atoms with E-state index >= 15 is 0 Å². The molecule has 0 aromatic heterocycles. The molecule has 1 unspecified atom stereocenters. The first-order chi connectivity index (χ1) is 6.05. The van der Waals surface area contributed by atoms with Crippen LogP contribution in [0, 0.1) is 11.8 Å². The summed E-state index contributed by atoms with van der Waals surface area (Å²) in [5, 5.41) is 0. The molecule has 0 aromatic rings. The minimum atomic E-state index is -1.93. The Morgan fingerprint density at radius 3 is 2.31 bits per heavy atom. The Balaban J connectivity index is 4.10. The fraction of sp³-hybridized carbons (Fsp3) is 0.800. The highest BCUT2D eigenvalue weighted by atomic mass is 28.4. The molecule has 2 nitrogen and oxygen atoms in total. The Morgan fingerprint density at radius 2 is 1.92 bits per heavy atom. The third-order valence-corrected chi connectivity index (χ3v) is 3.43. The maximum Gasteiger partial charge on any atom is 0.332 e. The number of rotatable bonds is 5. The Bertz CT molecular complexity index is 191. The van der Waals surface area contributed by atoms with Gasteiger partial charge in [0.1, 0.15) is 6.10 Å². The zero-order valence-electron chi connectivity index (χ0n) is 9.31. The van der Waals surface area contributed by atoms with E-state index in [1.807, 2.05) is 13.8 Å². The van der Waals surface area contributed by atoms with Gasteiger partial charge in [0.05, 0.1) is 0 Å². The molecular formula is C10H20O2Si. The summed E-state index contributed by atoms with van der Waals surface area (Å²) in [5.74, 6) is 5.90. The van der Waals surface area contributed by atoms with Gasteiger partial charge < -0.3 is 8.85 Å². The van der Waals surface area contributed by atoms with Crippen molar-refractivity contribution in [3.8, 4) is 11.8 Å². The standard InChI is InChI=1S/C10H20O2Si/c1-6-9-10(7-2)12-13(4,5)11-8-3/h10H,7-8H2,1-5H3. The normalized spacial score (nSPS) is 13.3. The summed E-state index contributed by atoms with van der Waals surface area (Å²) in [4.78, 5) is 0. The maximum absolute atomic E-state index is 5.81. The largest absolute Gasteiger partial charge is 0.395 e. The second-order valence-electron chi connectivity index (χ2n) is 3.24. The fourth-order valence-electron chi connectivity index (χ4n) is 1.10. The highest BCUT2D eigenvalue weighted by Gasteiger charge is 2.26. The van der Waals surface area contributed by atoms with Crippen molar-refractivity contribution in [1.82, 2.24) is 0 Å². The molecule has 0 fully saturated rings. The topological polar surface area (TPSA) is 18.5 Å². The molecule has 0 heterocycles. The molecule has 0 aromatic carbocycles. The molecule has 0 saturated heterocycles. The van der Waals surface area contributed by atoms with Gasteiger partial charge in [-0.15, -0.1) is 5.92 Å². The van der Waals surface area contributed by atoms with Crippen molar-refractivity contribution in [2.24, 2.45) is 0 Å². The van der Waals surface area contributed by atoms with Crippen LogP contribution >= 0.6 is 0 Å². The minimum Gasteiger partial charge on any atom is -0.395 e. The minimum absolute atomic E-state index is 0.0400. The first kappa shape index (κ1) is 12.7. The summed E-state index contributed by atoms with van der Waals surface area (Å²) in [7, 11) is -1.93. The van der Waals surface area contributed by atoms with Crippen LogP contribution in [0.25, 0.3) is 0 Å². The van der Waals surface area contributed by atoms with Gasteiger partial charge in [-0.25, -0.2) is 0 Å². The van der Waals surface area contributed by atoms with Crippen molar-refractivity contribution in [2.75, 3.05) is 6.61 Å². The Labute approximate surface area is 82.9 Å². The molecule has 0 spiro atoms. The van der Waals surface area contributed by atoms with Gasteiger partial charge in [-0.05, 0) is 33.4 Å². The molecule has 0 aliphatic rings. The molecule has 0 bridgehead atoms. The van der Waals surface area contributed by atoms with Gasteiger partial charge in [0.2, 0.25) is 0 Å². The van der Waals surface area contributed by atoms with Crippen LogP contribution in [0.3, 0.4) is 0 Å². The van der Waals surface area contributed by atoms with Crippen molar-refractivity contribution in [2.45, 2.75) is 46.4 Å². The average Bonchev–Trinajstić information content (AvgIpc) is 2.03. The average molecular weight is 200 g/mol. The van der Waals surface area contributed by atoms with Crippen LogP contribution in [0.1, 0.15) is 27.2 Å². The third kappa shape index (κ3) is 5.86. The predicted octanol–water partition coefficient (Wildman–Crippen LogP) is 2.54. The first-order valence-corrected chi connectivity index (χ1v) is 7.61. The SMILES string of the molecule is CC#CC(CC)O[Si](C)(C)OCC. The van der Waals surface area contributed by atoms with Crippen molar-refractivity contribution < 1.29 is 8.85 Å². The fourth-order valence-corrected chi connectivity index (χ4v) is 2.77. The maximum atomic E-state index is 5.81. The van der Waals surface area contributed by atoms with Gasteiger partial charge in [0.25, 0.3) is 0 Å². The Morgan fingerprint density at radius 1 is 1.31 bits per heavy atom. The molecule has 0 aliphatic carbocycles. The number of hydrogen-bond donors (Lipinski definition) is 0. The van der Waals surface area contributed by atoms with E-state index in [4.69, 9.17) is 8.85 Å². The monoisotopic (exact) mass is 200 g/mol. The molecule has 1 atom stereocenters. The molecule has 0 saturated carbocycles. The Kier molecular flexibility index (Phi) is 6.05. The van der Waals surface area contributed by atoms with Crippen molar-refractivity contribution in [3.63, 3.8) is 0 Å². The van der Waals surface area contributed by atoms with Gasteiger partial charge in [0.15, 0.2) is 0 Å². The van der Waals surface area contributed by atoms with Crippen LogP contribution in [0.4, 0.5) is 0 Å². The molecule has 0 N–H and O–H groups in total. The molecule has 0 radical (unpaired) electrons. The van der Waals surface area contributed by atoms with Crippen LogP contribution in [-0.4, -0.2) is 21.3 Å². The summed E-state index contributed by atoms with van der Waals surface area (Å²) >= 11 is 0. The summed E-state index contributed by atoms with van der Waals surface area (Å²) in [5.41, 5.74) is 0. The van der Waals surface area contributed by atoms with E-state index < -0.39 is 8.56 Å². The van der Waals surface area contributed by atoms with Gasteiger partial charge in [-0.3, -0.25) is 0 Å². The zero-order chi connectivity index (χ0) is 10.3. The lowest BCUT2D eigenvalue weighted by Crippen LogP contribution is -2.38. The van der Waals surface area contributed by atoms with E-state index in [0.717, 1.165) is 13.0 Å². The summed E-state index contributed by atoms with van der Waals surface area (Å²) < 4.78 is 11.4. The molecule has 3 heteroatoms. The van der Waals surface area contributed by atoms with Crippen LogP contribution in [0.2, 0.25) is 13.1 Å². The van der Waals surface area contributed by atoms with Crippen LogP contribution < -0.4 is 0 Å². The highest BCUT2D eigenvalue weighted by molar-refractivity contribution is 6.64. The predicted molar refractivity (Wildman–Crippen MR) is 57.7 cm³/mol. The molecule has 0 amide bonds. The van der Waals surface area contributed by atoms with E-state index in [9.17, 15) is 0 Å². The summed E-state index contributed by atoms with van der Waals surface area (Å²) in [6, 6.07) is 0. The Hall–Kier alpha value is -0.303. The van der Waals surface area contributed by atoms with Gasteiger partial charge >= 0.3 is 8.56 Å². The van der Waals surface area contributed by atoms with E-state index in [-0.39, 0.29) is 6.10 Å². The second kappa shape index (κ2) is 6.20. The smallest absolute Gasteiger partial charge is 0.332 e. The highest BCUT2D eigenvalue weighted by Crippen LogP contribution is 2.11. The second-order valence-corrected chi connectivity index (χ2v) is 6.57. The molecule has 0 rings (SSSR count). The van der Waals surface area contributed by atoms with Crippen molar-refractivity contribution in [1.29, 1.82) is 0 Å². The molecule has 0 aliphatic heterocycles.